The van der Waals surface area contributed by atoms with E-state index in [1.54, 1.807) is 4.57 Å². The molecule has 10 heteroatoms. The van der Waals surface area contributed by atoms with E-state index in [9.17, 15) is 13.2 Å². The highest BCUT2D eigenvalue weighted by atomic mass is 32.1. The van der Waals surface area contributed by atoms with Gasteiger partial charge >= 0.3 is 6.18 Å². The second-order valence-electron chi connectivity index (χ2n) is 6.68. The fourth-order valence-electron chi connectivity index (χ4n) is 3.04. The predicted octanol–water partition coefficient (Wildman–Crippen LogP) is 2.51. The summed E-state index contributed by atoms with van der Waals surface area (Å²) < 4.78 is 44.3. The fourth-order valence-corrected chi connectivity index (χ4v) is 3.63. The molecule has 2 aromatic heterocycles. The van der Waals surface area contributed by atoms with Crippen LogP contribution in [0.5, 0.6) is 0 Å². The van der Waals surface area contributed by atoms with Gasteiger partial charge in [0, 0.05) is 51.3 Å². The lowest BCUT2D eigenvalue weighted by Gasteiger charge is -2.27. The van der Waals surface area contributed by atoms with E-state index in [2.05, 4.69) is 19.2 Å². The van der Waals surface area contributed by atoms with Crippen LogP contribution in [0.25, 0.3) is 0 Å². The summed E-state index contributed by atoms with van der Waals surface area (Å²) in [5, 5.41) is 0.865. The minimum absolute atomic E-state index is 0.291. The van der Waals surface area contributed by atoms with Gasteiger partial charge in [0.15, 0.2) is 11.5 Å². The Bertz CT molecular complexity index is 723. The molecule has 0 saturated carbocycles. The molecule has 0 spiro atoms. The van der Waals surface area contributed by atoms with Crippen LogP contribution in [-0.2, 0) is 25.7 Å². The van der Waals surface area contributed by atoms with Gasteiger partial charge in [-0.15, -0.1) is 0 Å². The van der Waals surface area contributed by atoms with Gasteiger partial charge in [-0.25, -0.2) is 9.97 Å². The van der Waals surface area contributed by atoms with Gasteiger partial charge in [0.25, 0.3) is 0 Å². The Morgan fingerprint density at radius 1 is 1.28 bits per heavy atom. The van der Waals surface area contributed by atoms with Crippen molar-refractivity contribution in [1.82, 2.24) is 23.8 Å². The molecule has 0 N–H and O–H groups in total. The zero-order chi connectivity index (χ0) is 18.2. The van der Waals surface area contributed by atoms with Crippen molar-refractivity contribution in [3.63, 3.8) is 0 Å². The highest BCUT2D eigenvalue weighted by molar-refractivity contribution is 7.09. The van der Waals surface area contributed by atoms with E-state index >= 15 is 0 Å². The monoisotopic (exact) mass is 374 g/mol. The molecule has 1 aliphatic heterocycles. The predicted molar refractivity (Wildman–Crippen MR) is 89.6 cm³/mol. The first-order chi connectivity index (χ1) is 11.7. The lowest BCUT2D eigenvalue weighted by Crippen LogP contribution is -2.31. The summed E-state index contributed by atoms with van der Waals surface area (Å²) in [4.78, 5) is 12.2. The minimum Gasteiger partial charge on any atom is -0.353 e. The van der Waals surface area contributed by atoms with Gasteiger partial charge in [0.05, 0.1) is 6.54 Å². The number of anilines is 1. The number of nitrogens with zero attached hydrogens (tertiary/aromatic N) is 6. The van der Waals surface area contributed by atoms with Gasteiger partial charge in [0.2, 0.25) is 5.13 Å². The molecule has 1 aliphatic rings. The normalized spacial score (nSPS) is 17.8. The van der Waals surface area contributed by atoms with Gasteiger partial charge in [-0.05, 0) is 19.4 Å². The molecule has 0 aromatic carbocycles. The second-order valence-corrected chi connectivity index (χ2v) is 7.41. The Morgan fingerprint density at radius 2 is 2.04 bits per heavy atom. The smallest absolute Gasteiger partial charge is 0.353 e. The van der Waals surface area contributed by atoms with Crippen LogP contribution in [0.4, 0.5) is 18.3 Å². The lowest BCUT2D eigenvalue weighted by molar-refractivity contribution is -0.141. The molecule has 25 heavy (non-hydrogen) atoms. The van der Waals surface area contributed by atoms with Crippen LogP contribution in [0.3, 0.4) is 0 Å². The average molecular weight is 374 g/mol. The van der Waals surface area contributed by atoms with Crippen LogP contribution in [0.1, 0.15) is 23.8 Å². The molecular formula is C15H21F3N6S. The summed E-state index contributed by atoms with van der Waals surface area (Å²) in [6, 6.07) is 0. The van der Waals surface area contributed by atoms with E-state index in [4.69, 9.17) is 0 Å². The number of aromatic nitrogens is 4. The molecule has 3 heterocycles. The molecule has 0 fully saturated rings. The topological polar surface area (TPSA) is 50.1 Å². The molecule has 0 unspecified atom stereocenters. The van der Waals surface area contributed by atoms with E-state index in [0.717, 1.165) is 30.1 Å². The summed E-state index contributed by atoms with van der Waals surface area (Å²) in [6.45, 7) is 1.98. The van der Waals surface area contributed by atoms with Crippen molar-refractivity contribution in [3.05, 3.63) is 23.5 Å². The van der Waals surface area contributed by atoms with Crippen LogP contribution >= 0.6 is 11.5 Å². The Morgan fingerprint density at radius 3 is 2.68 bits per heavy atom. The quantitative estimate of drug-likeness (QED) is 0.805. The van der Waals surface area contributed by atoms with Crippen LogP contribution in [0.15, 0.2) is 6.20 Å². The molecule has 0 aliphatic carbocycles. The second kappa shape index (κ2) is 6.91. The van der Waals surface area contributed by atoms with Crippen molar-refractivity contribution in [2.45, 2.75) is 32.1 Å². The molecule has 0 bridgehead atoms. The van der Waals surface area contributed by atoms with Crippen molar-refractivity contribution in [2.75, 3.05) is 32.6 Å². The highest BCUT2D eigenvalue weighted by Gasteiger charge is 2.35. The van der Waals surface area contributed by atoms with Gasteiger partial charge in [-0.1, -0.05) is 0 Å². The first-order valence-corrected chi connectivity index (χ1v) is 8.81. The summed E-state index contributed by atoms with van der Waals surface area (Å²) in [7, 11) is 5.84. The summed E-state index contributed by atoms with van der Waals surface area (Å²) in [5.74, 6) is 1.59. The van der Waals surface area contributed by atoms with Crippen LogP contribution in [0, 0.1) is 5.92 Å². The number of alkyl halides is 3. The minimum atomic E-state index is -4.38. The van der Waals surface area contributed by atoms with Crippen molar-refractivity contribution in [3.8, 4) is 0 Å². The SMILES string of the molecule is CN(Cc1nsc(N(C)C)n1)C[C@H]1CCc2nc(C(F)(F)F)cn2C1. The lowest BCUT2D eigenvalue weighted by atomic mass is 9.99. The number of hydrogen-bond acceptors (Lipinski definition) is 6. The van der Waals surface area contributed by atoms with Crippen LogP contribution in [0.2, 0.25) is 0 Å². The number of fused-ring (bicyclic) bond motifs is 1. The maximum absolute atomic E-state index is 12.8. The Labute approximate surface area is 148 Å². The van der Waals surface area contributed by atoms with Crippen molar-refractivity contribution >= 4 is 16.7 Å². The van der Waals surface area contributed by atoms with Crippen molar-refractivity contribution in [2.24, 2.45) is 5.92 Å². The van der Waals surface area contributed by atoms with Gasteiger partial charge in [-0.3, -0.25) is 4.90 Å². The van der Waals surface area contributed by atoms with Gasteiger partial charge in [0.1, 0.15) is 5.82 Å². The first kappa shape index (κ1) is 18.1. The van der Waals surface area contributed by atoms with E-state index in [0.29, 0.717) is 31.3 Å². The van der Waals surface area contributed by atoms with E-state index in [1.165, 1.54) is 11.5 Å². The number of imidazole rings is 1. The van der Waals surface area contributed by atoms with Gasteiger partial charge in [-0.2, -0.15) is 17.5 Å². The Hall–Kier alpha value is -1.68. The summed E-state index contributed by atoms with van der Waals surface area (Å²) >= 11 is 1.36. The molecule has 6 nitrogen and oxygen atoms in total. The third-order valence-corrected chi connectivity index (χ3v) is 5.12. The largest absolute Gasteiger partial charge is 0.434 e. The average Bonchev–Trinajstić information content (AvgIpc) is 3.12. The Balaban J connectivity index is 1.57. The molecule has 2 aromatic rings. The molecule has 0 radical (unpaired) electrons. The molecule has 1 atom stereocenters. The molecule has 3 rings (SSSR count). The standard InChI is InChI=1S/C15H21F3N6S/c1-22(2)14-20-12(21-25-14)9-23(3)6-10-4-5-13-19-11(15(16,17)18)8-24(13)7-10/h8,10H,4-7,9H2,1-3H3/t10-/m1/s1. The summed E-state index contributed by atoms with van der Waals surface area (Å²) in [6.07, 6.45) is -1.83. The molecular weight excluding hydrogens is 353 g/mol. The number of rotatable bonds is 5. The van der Waals surface area contributed by atoms with E-state index in [1.807, 2.05) is 26.0 Å². The van der Waals surface area contributed by atoms with Crippen molar-refractivity contribution in [1.29, 1.82) is 0 Å². The molecule has 0 saturated heterocycles. The Kier molecular flexibility index (Phi) is 5.01. The number of halogens is 3. The van der Waals surface area contributed by atoms with Crippen LogP contribution < -0.4 is 4.90 Å². The highest BCUT2D eigenvalue weighted by Crippen LogP contribution is 2.30. The first-order valence-electron chi connectivity index (χ1n) is 8.04. The number of aryl methyl sites for hydroxylation is 1. The molecule has 0 amide bonds. The maximum atomic E-state index is 12.8. The van der Waals surface area contributed by atoms with Crippen molar-refractivity contribution < 1.29 is 13.2 Å². The maximum Gasteiger partial charge on any atom is 0.434 e. The third-order valence-electron chi connectivity index (χ3n) is 4.20. The van der Waals surface area contributed by atoms with Gasteiger partial charge < -0.3 is 9.47 Å². The molecule has 138 valence electrons. The van der Waals surface area contributed by atoms with E-state index < -0.39 is 11.9 Å². The third kappa shape index (κ3) is 4.30. The van der Waals surface area contributed by atoms with Crippen LogP contribution in [-0.4, -0.2) is 51.5 Å². The van der Waals surface area contributed by atoms with E-state index in [-0.39, 0.29) is 0 Å². The summed E-state index contributed by atoms with van der Waals surface area (Å²) in [5.41, 5.74) is -0.792. The number of hydrogen-bond donors (Lipinski definition) is 0. The zero-order valence-electron chi connectivity index (χ0n) is 14.4. The fraction of sp³-hybridized carbons (Fsp3) is 0.667. The zero-order valence-corrected chi connectivity index (χ0v) is 15.2.